The van der Waals surface area contributed by atoms with Crippen LogP contribution in [0, 0.1) is 0 Å². The van der Waals surface area contributed by atoms with E-state index in [4.69, 9.17) is 4.74 Å². The maximum Gasteiger partial charge on any atom is 0.435 e. The molecular formula is C36H38BrF3N6O4S. The predicted molar refractivity (Wildman–Crippen MR) is 193 cm³/mol. The summed E-state index contributed by atoms with van der Waals surface area (Å²) in [6.07, 6.45) is -3.13. The number of nitrogens with zero attached hydrogens (tertiary/aromatic N) is 5. The fourth-order valence-electron chi connectivity index (χ4n) is 6.43. The quantitative estimate of drug-likeness (QED) is 0.181. The van der Waals surface area contributed by atoms with E-state index in [2.05, 4.69) is 47.6 Å². The van der Waals surface area contributed by atoms with Gasteiger partial charge in [-0.25, -0.2) is 8.42 Å². The summed E-state index contributed by atoms with van der Waals surface area (Å²) >= 11 is 3.41. The number of aromatic nitrogens is 2. The van der Waals surface area contributed by atoms with Crippen LogP contribution in [0.4, 0.5) is 24.5 Å². The molecule has 3 heterocycles. The minimum Gasteiger partial charge on any atom is -0.438 e. The van der Waals surface area contributed by atoms with E-state index in [0.29, 0.717) is 35.7 Å². The summed E-state index contributed by atoms with van der Waals surface area (Å²) in [4.78, 5) is 20.1. The highest BCUT2D eigenvalue weighted by Crippen LogP contribution is 2.34. The average molecular weight is 788 g/mol. The third-order valence-corrected chi connectivity index (χ3v) is 10.9. The van der Waals surface area contributed by atoms with E-state index in [-0.39, 0.29) is 23.5 Å². The summed E-state index contributed by atoms with van der Waals surface area (Å²) < 4.78 is 74.3. The smallest absolute Gasteiger partial charge is 0.435 e. The van der Waals surface area contributed by atoms with Gasteiger partial charge in [0.2, 0.25) is 15.9 Å². The number of anilines is 2. The first-order chi connectivity index (χ1) is 24.4. The number of carbonyl (C=O) groups is 1. The zero-order valence-corrected chi connectivity index (χ0v) is 30.3. The van der Waals surface area contributed by atoms with E-state index in [1.807, 2.05) is 24.3 Å². The second-order valence-corrected chi connectivity index (χ2v) is 15.3. The van der Waals surface area contributed by atoms with Crippen molar-refractivity contribution >= 4 is 43.2 Å². The number of benzene rings is 3. The van der Waals surface area contributed by atoms with E-state index >= 15 is 0 Å². The molecule has 15 heteroatoms. The van der Waals surface area contributed by atoms with Crippen molar-refractivity contribution in [2.24, 2.45) is 0 Å². The van der Waals surface area contributed by atoms with Crippen LogP contribution in [0.1, 0.15) is 52.9 Å². The van der Waals surface area contributed by atoms with Gasteiger partial charge >= 0.3 is 6.18 Å². The normalized spacial score (nSPS) is 16.3. The molecule has 4 aromatic rings. The van der Waals surface area contributed by atoms with Crippen LogP contribution in [-0.2, 0) is 22.0 Å². The van der Waals surface area contributed by atoms with Gasteiger partial charge in [0.15, 0.2) is 5.69 Å². The van der Waals surface area contributed by atoms with Gasteiger partial charge in [-0.05, 0) is 85.0 Å². The van der Waals surface area contributed by atoms with Gasteiger partial charge in [0.05, 0.1) is 17.1 Å². The number of amides is 1. The molecule has 0 atom stereocenters. The standard InChI is InChI=1S/C36H38BrF3N6O4S/c1-2-44-18-20-45(21-19-44)32-11-8-28(23-31(32)43-51(48,49)24-25-4-3-5-29(37)22-25)35(47)46-16-14-27(15-17-46)26-6-9-30(10-7-26)50-34-13-12-33(41-42-34)36(38,39)40/h3-13,22-23,27,43H,2,14-21,24H2,1H3. The Morgan fingerprint density at radius 2 is 1.65 bits per heavy atom. The van der Waals surface area contributed by atoms with Gasteiger partial charge in [-0.15, -0.1) is 10.2 Å². The summed E-state index contributed by atoms with van der Waals surface area (Å²) in [5.41, 5.74) is 2.16. The number of sulfonamides is 1. The van der Waals surface area contributed by atoms with Crippen LogP contribution < -0.4 is 14.4 Å². The molecule has 1 N–H and O–H groups in total. The number of alkyl halides is 3. The summed E-state index contributed by atoms with van der Waals surface area (Å²) in [5, 5.41) is 6.69. The molecule has 0 spiro atoms. The molecule has 2 fully saturated rings. The largest absolute Gasteiger partial charge is 0.438 e. The van der Waals surface area contributed by atoms with Crippen molar-refractivity contribution in [2.45, 2.75) is 37.6 Å². The summed E-state index contributed by atoms with van der Waals surface area (Å²) in [6, 6.07) is 21.7. The average Bonchev–Trinajstić information content (AvgIpc) is 3.11. The minimum absolute atomic E-state index is 0.0462. The van der Waals surface area contributed by atoms with E-state index in [1.165, 1.54) is 0 Å². The molecule has 3 aromatic carbocycles. The van der Waals surface area contributed by atoms with E-state index < -0.39 is 21.9 Å². The second-order valence-electron chi connectivity index (χ2n) is 12.6. The van der Waals surface area contributed by atoms with E-state index in [1.54, 1.807) is 47.4 Å². The zero-order valence-electron chi connectivity index (χ0n) is 27.9. The fourth-order valence-corrected chi connectivity index (χ4v) is 8.07. The third kappa shape index (κ3) is 9.37. The van der Waals surface area contributed by atoms with Crippen LogP contribution >= 0.6 is 15.9 Å². The van der Waals surface area contributed by atoms with E-state index in [0.717, 1.165) is 73.4 Å². The zero-order chi connectivity index (χ0) is 36.2. The number of rotatable bonds is 10. The van der Waals surface area contributed by atoms with Gasteiger partial charge in [-0.2, -0.15) is 13.2 Å². The van der Waals surface area contributed by atoms with Crippen LogP contribution in [0.15, 0.2) is 83.3 Å². The molecule has 0 aliphatic carbocycles. The Morgan fingerprint density at radius 3 is 2.27 bits per heavy atom. The molecule has 0 radical (unpaired) electrons. The van der Waals surface area contributed by atoms with Gasteiger partial charge in [0, 0.05) is 55.4 Å². The Hall–Kier alpha value is -4.21. The van der Waals surface area contributed by atoms with E-state index in [9.17, 15) is 26.4 Å². The molecule has 1 aromatic heterocycles. The first kappa shape index (κ1) is 36.6. The number of likely N-dealkylation sites (N-methyl/N-ethyl adjacent to an activating group) is 1. The number of nitrogens with one attached hydrogen (secondary N) is 1. The highest BCUT2D eigenvalue weighted by atomic mass is 79.9. The van der Waals surface area contributed by atoms with Crippen LogP contribution in [0.5, 0.6) is 11.6 Å². The molecule has 2 aliphatic rings. The molecule has 1 amide bonds. The lowest BCUT2D eigenvalue weighted by molar-refractivity contribution is -0.141. The number of hydrogen-bond donors (Lipinski definition) is 1. The van der Waals surface area contributed by atoms with Crippen LogP contribution in [0.3, 0.4) is 0 Å². The Balaban J connectivity index is 1.11. The third-order valence-electron chi connectivity index (χ3n) is 9.20. The van der Waals surface area contributed by atoms with Gasteiger partial charge < -0.3 is 19.4 Å². The molecule has 0 bridgehead atoms. The fraction of sp³-hybridized carbons (Fsp3) is 0.361. The maximum absolute atomic E-state index is 13.8. The number of piperidine rings is 1. The van der Waals surface area contributed by atoms with Gasteiger partial charge in [0.1, 0.15) is 5.75 Å². The molecule has 6 rings (SSSR count). The lowest BCUT2D eigenvalue weighted by Gasteiger charge is -2.36. The predicted octanol–water partition coefficient (Wildman–Crippen LogP) is 7.15. The topological polar surface area (TPSA) is 108 Å². The summed E-state index contributed by atoms with van der Waals surface area (Å²) in [5.74, 6) is 0.189. The van der Waals surface area contributed by atoms with Gasteiger partial charge in [-0.3, -0.25) is 9.52 Å². The van der Waals surface area contributed by atoms with Crippen molar-refractivity contribution < 1.29 is 31.1 Å². The SMILES string of the molecule is CCN1CCN(c2ccc(C(=O)N3CCC(c4ccc(Oc5ccc(C(F)(F)F)nn5)cc4)CC3)cc2NS(=O)(=O)Cc2cccc(Br)c2)CC1. The molecular weight excluding hydrogens is 749 g/mol. The molecule has 10 nitrogen and oxygen atoms in total. The molecule has 2 aliphatic heterocycles. The first-order valence-corrected chi connectivity index (χ1v) is 19.2. The van der Waals surface area contributed by atoms with Crippen LogP contribution in [0.2, 0.25) is 0 Å². The number of halogens is 4. The molecule has 270 valence electrons. The van der Waals surface area contributed by atoms with Crippen LogP contribution in [0.25, 0.3) is 0 Å². The Kier molecular flexibility index (Phi) is 11.2. The highest BCUT2D eigenvalue weighted by Gasteiger charge is 2.33. The Morgan fingerprint density at radius 1 is 0.922 bits per heavy atom. The van der Waals surface area contributed by atoms with Crippen molar-refractivity contribution in [1.29, 1.82) is 0 Å². The minimum atomic E-state index is -4.58. The Bertz CT molecular complexity index is 1930. The number of carbonyl (C=O) groups excluding carboxylic acids is 1. The first-order valence-electron chi connectivity index (χ1n) is 16.7. The lowest BCUT2D eigenvalue weighted by Crippen LogP contribution is -2.46. The molecule has 0 saturated carbocycles. The number of hydrogen-bond acceptors (Lipinski definition) is 8. The molecule has 0 unspecified atom stereocenters. The summed E-state index contributed by atoms with van der Waals surface area (Å²) in [7, 11) is -3.80. The van der Waals surface area contributed by atoms with Crippen molar-refractivity contribution in [3.05, 3.63) is 106 Å². The highest BCUT2D eigenvalue weighted by molar-refractivity contribution is 9.10. The van der Waals surface area contributed by atoms with Crippen molar-refractivity contribution in [1.82, 2.24) is 20.0 Å². The lowest BCUT2D eigenvalue weighted by atomic mass is 9.89. The number of ether oxygens (including phenoxy) is 1. The molecule has 51 heavy (non-hydrogen) atoms. The van der Waals surface area contributed by atoms with Crippen molar-refractivity contribution in [2.75, 3.05) is 55.4 Å². The number of piperazine rings is 1. The second kappa shape index (κ2) is 15.6. The molecule has 2 saturated heterocycles. The Labute approximate surface area is 303 Å². The van der Waals surface area contributed by atoms with Crippen LogP contribution in [-0.4, -0.2) is 80.1 Å². The van der Waals surface area contributed by atoms with Gasteiger partial charge in [0.25, 0.3) is 5.91 Å². The maximum atomic E-state index is 13.8. The van der Waals surface area contributed by atoms with Crippen molar-refractivity contribution in [3.63, 3.8) is 0 Å². The van der Waals surface area contributed by atoms with Crippen molar-refractivity contribution in [3.8, 4) is 11.6 Å². The monoisotopic (exact) mass is 786 g/mol. The number of likely N-dealkylation sites (tertiary alicyclic amines) is 1. The summed E-state index contributed by atoms with van der Waals surface area (Å²) in [6.45, 7) is 7.32. The van der Waals surface area contributed by atoms with Gasteiger partial charge in [-0.1, -0.05) is 47.1 Å².